The first-order valence-corrected chi connectivity index (χ1v) is 7.75. The Morgan fingerprint density at radius 3 is 2.47 bits per heavy atom. The fraction of sp³-hybridized carbons (Fsp3) is 1.00. The summed E-state index contributed by atoms with van der Waals surface area (Å²) in [6, 6.07) is 0. The summed E-state index contributed by atoms with van der Waals surface area (Å²) >= 11 is 0. The van der Waals surface area contributed by atoms with Gasteiger partial charge in [-0.25, -0.2) is 8.42 Å². The molecule has 0 aromatic carbocycles. The van der Waals surface area contributed by atoms with Crippen molar-refractivity contribution < 1.29 is 8.42 Å². The molecule has 3 atom stereocenters. The van der Waals surface area contributed by atoms with Gasteiger partial charge in [0.1, 0.15) is 9.84 Å². The molecule has 0 spiro atoms. The number of hydrogen-bond donors (Lipinski definition) is 1. The molecule has 2 N–H and O–H groups in total. The number of nitrogens with two attached hydrogens (primary N) is 1. The molecule has 0 heterocycles. The van der Waals surface area contributed by atoms with Crippen LogP contribution in [0.1, 0.15) is 39.5 Å². The molecule has 3 unspecified atom stereocenters. The maximum atomic E-state index is 11.1. The van der Waals surface area contributed by atoms with Gasteiger partial charge in [0, 0.05) is 11.8 Å². The minimum Gasteiger partial charge on any atom is -0.325 e. The minimum absolute atomic E-state index is 0.223. The average Bonchev–Trinajstić information content (AvgIpc) is 2.08. The first-order chi connectivity index (χ1) is 6.73. The molecule has 0 aromatic rings. The minimum atomic E-state index is -2.88. The van der Waals surface area contributed by atoms with E-state index in [9.17, 15) is 8.42 Å². The predicted octanol–water partition coefficient (Wildman–Crippen LogP) is 1.57. The molecule has 0 aliphatic heterocycles. The quantitative estimate of drug-likeness (QED) is 0.805. The summed E-state index contributed by atoms with van der Waals surface area (Å²) in [5.74, 6) is 1.29. The zero-order valence-electron chi connectivity index (χ0n) is 9.99. The van der Waals surface area contributed by atoms with Crippen LogP contribution in [0.3, 0.4) is 0 Å². The standard InChI is InChI=1S/C11H23NO2S/c1-9-4-5-10(2)11(12,8-9)6-7-15(3,13)14/h9-10H,4-8,12H2,1-3H3. The molecule has 0 bridgehead atoms. The average molecular weight is 233 g/mol. The third-order valence-electron chi connectivity index (χ3n) is 3.74. The van der Waals surface area contributed by atoms with Gasteiger partial charge in [-0.2, -0.15) is 0 Å². The van der Waals surface area contributed by atoms with E-state index in [0.29, 0.717) is 18.3 Å². The lowest BCUT2D eigenvalue weighted by Gasteiger charge is -2.42. The van der Waals surface area contributed by atoms with Crippen LogP contribution in [0.5, 0.6) is 0 Å². The molecule has 1 saturated carbocycles. The van der Waals surface area contributed by atoms with Crippen LogP contribution >= 0.6 is 0 Å². The zero-order chi connectivity index (χ0) is 11.7. The second-order valence-corrected chi connectivity index (χ2v) is 7.66. The molecule has 1 fully saturated rings. The Morgan fingerprint density at radius 1 is 1.33 bits per heavy atom. The van der Waals surface area contributed by atoms with Crippen molar-refractivity contribution in [1.82, 2.24) is 0 Å². The van der Waals surface area contributed by atoms with Gasteiger partial charge in [-0.05, 0) is 31.1 Å². The van der Waals surface area contributed by atoms with E-state index in [2.05, 4.69) is 13.8 Å². The highest BCUT2D eigenvalue weighted by atomic mass is 32.2. The summed E-state index contributed by atoms with van der Waals surface area (Å²) in [6.45, 7) is 4.35. The molecule has 3 nitrogen and oxygen atoms in total. The van der Waals surface area contributed by atoms with Gasteiger partial charge < -0.3 is 5.73 Å². The SMILES string of the molecule is CC1CCC(C)C(N)(CCS(C)(=O)=O)C1. The van der Waals surface area contributed by atoms with Crippen molar-refractivity contribution >= 4 is 9.84 Å². The molecule has 15 heavy (non-hydrogen) atoms. The first-order valence-electron chi connectivity index (χ1n) is 5.69. The van der Waals surface area contributed by atoms with Crippen LogP contribution in [0.15, 0.2) is 0 Å². The van der Waals surface area contributed by atoms with Gasteiger partial charge in [-0.15, -0.1) is 0 Å². The molecule has 0 saturated heterocycles. The van der Waals surface area contributed by atoms with E-state index >= 15 is 0 Å². The van der Waals surface area contributed by atoms with Crippen molar-refractivity contribution in [2.24, 2.45) is 17.6 Å². The predicted molar refractivity (Wildman–Crippen MR) is 63.4 cm³/mol. The Morgan fingerprint density at radius 2 is 1.93 bits per heavy atom. The molecular weight excluding hydrogens is 210 g/mol. The van der Waals surface area contributed by atoms with Crippen molar-refractivity contribution in [2.75, 3.05) is 12.0 Å². The smallest absolute Gasteiger partial charge is 0.147 e. The van der Waals surface area contributed by atoms with E-state index in [1.807, 2.05) is 0 Å². The van der Waals surface area contributed by atoms with Crippen molar-refractivity contribution in [1.29, 1.82) is 0 Å². The summed E-state index contributed by atoms with van der Waals surface area (Å²) in [5, 5.41) is 0. The van der Waals surface area contributed by atoms with Crippen LogP contribution in [-0.2, 0) is 9.84 Å². The Kier molecular flexibility index (Phi) is 3.82. The van der Waals surface area contributed by atoms with Crippen molar-refractivity contribution in [2.45, 2.75) is 45.1 Å². The van der Waals surface area contributed by atoms with Gasteiger partial charge in [0.25, 0.3) is 0 Å². The lowest BCUT2D eigenvalue weighted by atomic mass is 9.69. The third-order valence-corrected chi connectivity index (χ3v) is 4.69. The van der Waals surface area contributed by atoms with E-state index in [4.69, 9.17) is 5.73 Å². The van der Waals surface area contributed by atoms with Crippen LogP contribution < -0.4 is 5.73 Å². The Hall–Kier alpha value is -0.0900. The summed E-state index contributed by atoms with van der Waals surface area (Å²) in [6.07, 6.45) is 5.20. The fourth-order valence-corrected chi connectivity index (χ4v) is 3.25. The Labute approximate surface area is 93.3 Å². The highest BCUT2D eigenvalue weighted by Gasteiger charge is 2.37. The number of sulfone groups is 1. The Bertz CT molecular complexity index is 313. The van der Waals surface area contributed by atoms with Gasteiger partial charge in [0.05, 0.1) is 5.75 Å². The summed E-state index contributed by atoms with van der Waals surface area (Å²) in [5.41, 5.74) is 6.07. The van der Waals surface area contributed by atoms with Gasteiger partial charge in [-0.3, -0.25) is 0 Å². The van der Waals surface area contributed by atoms with Crippen molar-refractivity contribution in [3.8, 4) is 0 Å². The molecule has 0 amide bonds. The molecule has 1 aliphatic carbocycles. The molecule has 1 rings (SSSR count). The van der Waals surface area contributed by atoms with E-state index in [1.165, 1.54) is 12.7 Å². The topological polar surface area (TPSA) is 60.2 Å². The van der Waals surface area contributed by atoms with Crippen molar-refractivity contribution in [3.63, 3.8) is 0 Å². The molecule has 0 aromatic heterocycles. The molecular formula is C11H23NO2S. The van der Waals surface area contributed by atoms with E-state index in [-0.39, 0.29) is 11.3 Å². The maximum Gasteiger partial charge on any atom is 0.147 e. The number of rotatable bonds is 3. The van der Waals surface area contributed by atoms with Gasteiger partial charge in [-0.1, -0.05) is 20.3 Å². The number of hydrogen-bond acceptors (Lipinski definition) is 3. The second-order valence-electron chi connectivity index (χ2n) is 5.40. The molecule has 1 aliphatic rings. The zero-order valence-corrected chi connectivity index (χ0v) is 10.8. The molecule has 90 valence electrons. The fourth-order valence-electron chi connectivity index (χ4n) is 2.50. The van der Waals surface area contributed by atoms with Crippen LogP contribution in [0, 0.1) is 11.8 Å². The van der Waals surface area contributed by atoms with Crippen LogP contribution in [0.2, 0.25) is 0 Å². The third kappa shape index (κ3) is 3.76. The van der Waals surface area contributed by atoms with Crippen LogP contribution in [-0.4, -0.2) is 26.0 Å². The van der Waals surface area contributed by atoms with Gasteiger partial charge >= 0.3 is 0 Å². The van der Waals surface area contributed by atoms with Crippen LogP contribution in [0.25, 0.3) is 0 Å². The van der Waals surface area contributed by atoms with Crippen LogP contribution in [0.4, 0.5) is 0 Å². The first kappa shape index (κ1) is 13.0. The Balaban J connectivity index is 2.63. The maximum absolute atomic E-state index is 11.1. The normalized spacial score (nSPS) is 37.9. The lowest BCUT2D eigenvalue weighted by molar-refractivity contribution is 0.157. The van der Waals surface area contributed by atoms with E-state index in [1.54, 1.807) is 0 Å². The second kappa shape index (κ2) is 4.42. The van der Waals surface area contributed by atoms with E-state index < -0.39 is 9.84 Å². The lowest BCUT2D eigenvalue weighted by Crippen LogP contribution is -2.51. The van der Waals surface area contributed by atoms with Crippen molar-refractivity contribution in [3.05, 3.63) is 0 Å². The highest BCUT2D eigenvalue weighted by molar-refractivity contribution is 7.90. The van der Waals surface area contributed by atoms with Gasteiger partial charge in [0.15, 0.2) is 0 Å². The molecule has 4 heteroatoms. The van der Waals surface area contributed by atoms with E-state index in [0.717, 1.165) is 12.8 Å². The monoisotopic (exact) mass is 233 g/mol. The largest absolute Gasteiger partial charge is 0.325 e. The summed E-state index contributed by atoms with van der Waals surface area (Å²) in [7, 11) is -2.88. The van der Waals surface area contributed by atoms with Gasteiger partial charge in [0.2, 0.25) is 0 Å². The highest BCUT2D eigenvalue weighted by Crippen LogP contribution is 2.37. The summed E-state index contributed by atoms with van der Waals surface area (Å²) in [4.78, 5) is 0. The summed E-state index contributed by atoms with van der Waals surface area (Å²) < 4.78 is 22.3. The molecule has 0 radical (unpaired) electrons.